The Morgan fingerprint density at radius 2 is 2.11 bits per heavy atom. The third-order valence-electron chi connectivity index (χ3n) is 3.29. The first-order chi connectivity index (χ1) is 8.97. The second kappa shape index (κ2) is 5.69. The monoisotopic (exact) mass is 266 g/mol. The molecule has 0 spiro atoms. The molecule has 6 nitrogen and oxygen atoms in total. The van der Waals surface area contributed by atoms with Crippen LogP contribution in [-0.2, 0) is 10.2 Å². The Morgan fingerprint density at radius 1 is 1.42 bits per heavy atom. The molecule has 1 aromatic heterocycles. The Morgan fingerprint density at radius 3 is 2.68 bits per heavy atom. The number of rotatable bonds is 3. The van der Waals surface area contributed by atoms with Crippen molar-refractivity contribution in [2.75, 3.05) is 19.8 Å². The van der Waals surface area contributed by atoms with E-state index in [0.29, 0.717) is 12.5 Å². The molecular weight excluding hydrogens is 244 g/mol. The van der Waals surface area contributed by atoms with E-state index in [4.69, 9.17) is 4.74 Å². The second-order valence-electron chi connectivity index (χ2n) is 6.02. The molecule has 2 rings (SSSR count). The maximum atomic E-state index is 11.9. The van der Waals surface area contributed by atoms with Gasteiger partial charge in [0, 0.05) is 25.2 Å². The molecule has 2 heterocycles. The van der Waals surface area contributed by atoms with Crippen LogP contribution in [0.1, 0.15) is 50.1 Å². The Hall–Kier alpha value is -1.43. The zero-order valence-electron chi connectivity index (χ0n) is 11.8. The molecule has 0 radical (unpaired) electrons. The van der Waals surface area contributed by atoms with Gasteiger partial charge < -0.3 is 10.1 Å². The molecule has 0 bridgehead atoms. The highest BCUT2D eigenvalue weighted by Crippen LogP contribution is 2.17. The van der Waals surface area contributed by atoms with Gasteiger partial charge in [0.25, 0.3) is 5.91 Å². The molecule has 0 unspecified atom stereocenters. The first kappa shape index (κ1) is 14.0. The van der Waals surface area contributed by atoms with E-state index in [1.165, 1.54) is 0 Å². The predicted molar refractivity (Wildman–Crippen MR) is 71.0 cm³/mol. The summed E-state index contributed by atoms with van der Waals surface area (Å²) in [5, 5.41) is 9.69. The van der Waals surface area contributed by atoms with Gasteiger partial charge in [0.05, 0.1) is 0 Å². The van der Waals surface area contributed by atoms with Crippen LogP contribution in [0.4, 0.5) is 0 Å². The van der Waals surface area contributed by atoms with Crippen LogP contribution in [-0.4, -0.2) is 40.8 Å². The van der Waals surface area contributed by atoms with E-state index in [0.717, 1.165) is 31.9 Å². The third-order valence-corrected chi connectivity index (χ3v) is 3.29. The third kappa shape index (κ3) is 3.76. The first-order valence-electron chi connectivity index (χ1n) is 6.75. The molecule has 0 atom stereocenters. The number of hydrogen-bond acceptors (Lipinski definition) is 4. The molecule has 1 fully saturated rings. The fraction of sp³-hybridized carbons (Fsp3) is 0.769. The van der Waals surface area contributed by atoms with Crippen LogP contribution >= 0.6 is 0 Å². The van der Waals surface area contributed by atoms with Gasteiger partial charge in [0.15, 0.2) is 0 Å². The number of carbonyl (C=O) groups is 1. The van der Waals surface area contributed by atoms with Crippen molar-refractivity contribution in [1.29, 1.82) is 0 Å². The van der Waals surface area contributed by atoms with Crippen LogP contribution in [0.3, 0.4) is 0 Å². The maximum absolute atomic E-state index is 11.9. The Bertz CT molecular complexity index is 430. The van der Waals surface area contributed by atoms with Gasteiger partial charge >= 0.3 is 0 Å². The van der Waals surface area contributed by atoms with Gasteiger partial charge in [-0.2, -0.15) is 0 Å². The van der Waals surface area contributed by atoms with Crippen molar-refractivity contribution in [2.24, 2.45) is 5.92 Å². The molecule has 1 aliphatic rings. The van der Waals surface area contributed by atoms with Crippen LogP contribution in [0, 0.1) is 5.92 Å². The highest BCUT2D eigenvalue weighted by Gasteiger charge is 2.22. The molecular formula is C13H22N4O2. The number of amides is 1. The van der Waals surface area contributed by atoms with Crippen LogP contribution in [0.5, 0.6) is 0 Å². The summed E-state index contributed by atoms with van der Waals surface area (Å²) in [6.45, 7) is 8.32. The number of nitrogens with one attached hydrogen (secondary N) is 2. The number of aromatic nitrogens is 3. The lowest BCUT2D eigenvalue weighted by Gasteiger charge is -2.21. The number of H-pyrrole nitrogens is 1. The normalized spacial score (nSPS) is 17.4. The van der Waals surface area contributed by atoms with Gasteiger partial charge in [-0.1, -0.05) is 20.8 Å². The highest BCUT2D eigenvalue weighted by atomic mass is 16.5. The Kier molecular flexibility index (Phi) is 4.19. The highest BCUT2D eigenvalue weighted by molar-refractivity contribution is 5.90. The van der Waals surface area contributed by atoms with Crippen molar-refractivity contribution in [1.82, 2.24) is 20.5 Å². The van der Waals surface area contributed by atoms with E-state index >= 15 is 0 Å². The van der Waals surface area contributed by atoms with Crippen LogP contribution in [0.2, 0.25) is 0 Å². The largest absolute Gasteiger partial charge is 0.381 e. The average molecular weight is 266 g/mol. The molecule has 1 amide bonds. The summed E-state index contributed by atoms with van der Waals surface area (Å²) in [5.41, 5.74) is -0.133. The summed E-state index contributed by atoms with van der Waals surface area (Å²) >= 11 is 0. The minimum atomic E-state index is -0.210. The molecule has 0 aliphatic carbocycles. The molecule has 1 aromatic rings. The maximum Gasteiger partial charge on any atom is 0.290 e. The summed E-state index contributed by atoms with van der Waals surface area (Å²) in [5.74, 6) is 1.23. The summed E-state index contributed by atoms with van der Waals surface area (Å²) in [6.07, 6.45) is 2.00. The number of nitrogens with zero attached hydrogens (tertiary/aromatic N) is 2. The van der Waals surface area contributed by atoms with Gasteiger partial charge in [-0.25, -0.2) is 4.98 Å². The summed E-state index contributed by atoms with van der Waals surface area (Å²) < 4.78 is 5.29. The van der Waals surface area contributed by atoms with Crippen molar-refractivity contribution in [3.05, 3.63) is 11.6 Å². The zero-order chi connectivity index (χ0) is 13.9. The lowest BCUT2D eigenvalue weighted by Crippen LogP contribution is -2.32. The topological polar surface area (TPSA) is 79.9 Å². The van der Waals surface area contributed by atoms with Gasteiger partial charge in [-0.3, -0.25) is 9.89 Å². The quantitative estimate of drug-likeness (QED) is 0.863. The molecule has 1 saturated heterocycles. The van der Waals surface area contributed by atoms with Crippen molar-refractivity contribution < 1.29 is 9.53 Å². The summed E-state index contributed by atoms with van der Waals surface area (Å²) in [7, 11) is 0. The van der Waals surface area contributed by atoms with Crippen molar-refractivity contribution in [3.63, 3.8) is 0 Å². The van der Waals surface area contributed by atoms with E-state index in [-0.39, 0.29) is 17.1 Å². The molecule has 19 heavy (non-hydrogen) atoms. The Balaban J connectivity index is 1.87. The van der Waals surface area contributed by atoms with E-state index < -0.39 is 0 Å². The summed E-state index contributed by atoms with van der Waals surface area (Å²) in [4.78, 5) is 16.2. The zero-order valence-corrected chi connectivity index (χ0v) is 11.8. The molecule has 2 N–H and O–H groups in total. The van der Waals surface area contributed by atoms with Crippen molar-refractivity contribution in [2.45, 2.75) is 39.0 Å². The lowest BCUT2D eigenvalue weighted by atomic mass is 9.96. The van der Waals surface area contributed by atoms with E-state index in [9.17, 15) is 4.79 Å². The van der Waals surface area contributed by atoms with Gasteiger partial charge in [-0.15, -0.1) is 5.10 Å². The second-order valence-corrected chi connectivity index (χ2v) is 6.02. The number of hydrogen-bond donors (Lipinski definition) is 2. The first-order valence-corrected chi connectivity index (χ1v) is 6.75. The predicted octanol–water partition coefficient (Wildman–Crippen LogP) is 1.26. The molecule has 0 aromatic carbocycles. The van der Waals surface area contributed by atoms with Crippen LogP contribution in [0.15, 0.2) is 0 Å². The number of aromatic amines is 1. The smallest absolute Gasteiger partial charge is 0.290 e. The number of ether oxygens (including phenoxy) is 1. The van der Waals surface area contributed by atoms with E-state index in [1.54, 1.807) is 0 Å². The average Bonchev–Trinajstić information content (AvgIpc) is 2.87. The van der Waals surface area contributed by atoms with Crippen molar-refractivity contribution >= 4 is 5.91 Å². The molecule has 106 valence electrons. The van der Waals surface area contributed by atoms with E-state index in [2.05, 4.69) is 20.5 Å². The summed E-state index contributed by atoms with van der Waals surface area (Å²) in [6, 6.07) is 0. The van der Waals surface area contributed by atoms with Gasteiger partial charge in [0.1, 0.15) is 5.82 Å². The van der Waals surface area contributed by atoms with E-state index in [1.807, 2.05) is 20.8 Å². The minimum Gasteiger partial charge on any atom is -0.381 e. The van der Waals surface area contributed by atoms with Crippen molar-refractivity contribution in [3.8, 4) is 0 Å². The minimum absolute atomic E-state index is 0.133. The van der Waals surface area contributed by atoms with Gasteiger partial charge in [-0.05, 0) is 18.8 Å². The fourth-order valence-electron chi connectivity index (χ4n) is 1.97. The SMILES string of the molecule is CC(C)(C)c1nc(C(=O)NCC2CCOCC2)n[nH]1. The standard InChI is InChI=1S/C13H22N4O2/c1-13(2,3)12-15-10(16-17-12)11(18)14-8-9-4-6-19-7-5-9/h9H,4-8H2,1-3H3,(H,14,18)(H,15,16,17). The lowest BCUT2D eigenvalue weighted by molar-refractivity contribution is 0.0641. The molecule has 1 aliphatic heterocycles. The van der Waals surface area contributed by atoms with Crippen LogP contribution < -0.4 is 5.32 Å². The fourth-order valence-corrected chi connectivity index (χ4v) is 1.97. The Labute approximate surface area is 113 Å². The number of carbonyl (C=O) groups excluding carboxylic acids is 1. The van der Waals surface area contributed by atoms with Crippen LogP contribution in [0.25, 0.3) is 0 Å². The molecule has 6 heteroatoms. The van der Waals surface area contributed by atoms with Gasteiger partial charge in [0.2, 0.25) is 5.82 Å². The molecule has 0 saturated carbocycles.